The third kappa shape index (κ3) is 3.61. The van der Waals surface area contributed by atoms with Gasteiger partial charge >= 0.3 is 0 Å². The summed E-state index contributed by atoms with van der Waals surface area (Å²) in [4.78, 5) is 2.73. The summed E-state index contributed by atoms with van der Waals surface area (Å²) in [5.74, 6) is 0. The molecule has 0 amide bonds. The maximum absolute atomic E-state index is 3.62. The van der Waals surface area contributed by atoms with Crippen molar-refractivity contribution in [1.82, 2.24) is 10.2 Å². The van der Waals surface area contributed by atoms with Crippen LogP contribution in [0.4, 0.5) is 0 Å². The van der Waals surface area contributed by atoms with E-state index in [4.69, 9.17) is 0 Å². The molecule has 0 aromatic heterocycles. The topological polar surface area (TPSA) is 15.3 Å². The maximum Gasteiger partial charge on any atom is 0.0458 e. The number of hydrogen-bond donors (Lipinski definition) is 1. The van der Waals surface area contributed by atoms with Gasteiger partial charge < -0.3 is 5.32 Å². The highest BCUT2D eigenvalue weighted by Gasteiger charge is 2.36. The average molecular weight is 264 g/mol. The summed E-state index contributed by atoms with van der Waals surface area (Å²) in [6.45, 7) is 7.43. The van der Waals surface area contributed by atoms with E-state index in [-0.39, 0.29) is 5.54 Å². The van der Waals surface area contributed by atoms with E-state index < -0.39 is 0 Å². The summed E-state index contributed by atoms with van der Waals surface area (Å²) in [5, 5.41) is 3.62. The second-order valence-corrected chi connectivity index (χ2v) is 6.80. The minimum Gasteiger partial charge on any atom is -0.312 e. The molecule has 2 aliphatic rings. The van der Waals surface area contributed by atoms with Crippen LogP contribution in [0, 0.1) is 0 Å². The number of nitrogens with zero attached hydrogens (tertiary/aromatic N) is 1. The van der Waals surface area contributed by atoms with Gasteiger partial charge in [-0.25, -0.2) is 0 Å². The molecule has 110 valence electrons. The highest BCUT2D eigenvalue weighted by Crippen LogP contribution is 2.31. The second kappa shape index (κ2) is 6.90. The largest absolute Gasteiger partial charge is 0.312 e. The first-order valence-electron chi connectivity index (χ1n) is 8.27. The number of likely N-dealkylation sites (tertiary alicyclic amines) is 1. The third-order valence-corrected chi connectivity index (χ3v) is 5.11. The van der Waals surface area contributed by atoms with Gasteiger partial charge in [0.05, 0.1) is 0 Å². The zero-order valence-corrected chi connectivity index (χ0v) is 13.2. The summed E-state index contributed by atoms with van der Waals surface area (Å²) in [7, 11) is 2.14. The Hall–Kier alpha value is -0.340. The molecule has 0 radical (unpaired) electrons. The first kappa shape index (κ1) is 15.1. The van der Waals surface area contributed by atoms with E-state index in [9.17, 15) is 0 Å². The molecule has 1 saturated heterocycles. The fraction of sp³-hybridized carbons (Fsp3) is 0.882. The summed E-state index contributed by atoms with van der Waals surface area (Å²) < 4.78 is 0. The lowest BCUT2D eigenvalue weighted by Crippen LogP contribution is -2.58. The quantitative estimate of drug-likeness (QED) is 0.778. The monoisotopic (exact) mass is 264 g/mol. The smallest absolute Gasteiger partial charge is 0.0458 e. The zero-order valence-electron chi connectivity index (χ0n) is 13.2. The van der Waals surface area contributed by atoms with Crippen LogP contribution in [0.2, 0.25) is 0 Å². The molecule has 0 aromatic carbocycles. The van der Waals surface area contributed by atoms with Gasteiger partial charge in [0.1, 0.15) is 0 Å². The van der Waals surface area contributed by atoms with E-state index in [0.29, 0.717) is 6.04 Å². The Morgan fingerprint density at radius 2 is 1.74 bits per heavy atom. The van der Waals surface area contributed by atoms with Crippen molar-refractivity contribution in [1.29, 1.82) is 0 Å². The fourth-order valence-electron chi connectivity index (χ4n) is 3.95. The van der Waals surface area contributed by atoms with Gasteiger partial charge in [0.2, 0.25) is 0 Å². The van der Waals surface area contributed by atoms with Crippen LogP contribution in [-0.4, -0.2) is 36.6 Å². The summed E-state index contributed by atoms with van der Waals surface area (Å²) in [6.07, 6.45) is 13.4. The normalized spacial score (nSPS) is 24.7. The molecule has 2 rings (SSSR count). The molecule has 1 unspecified atom stereocenters. The molecule has 1 fully saturated rings. The van der Waals surface area contributed by atoms with Crippen molar-refractivity contribution in [2.24, 2.45) is 0 Å². The van der Waals surface area contributed by atoms with Gasteiger partial charge in [-0.2, -0.15) is 0 Å². The van der Waals surface area contributed by atoms with E-state index in [0.717, 1.165) is 0 Å². The van der Waals surface area contributed by atoms with Crippen molar-refractivity contribution >= 4 is 0 Å². The minimum atomic E-state index is 0.238. The Morgan fingerprint density at radius 3 is 2.26 bits per heavy atom. The van der Waals surface area contributed by atoms with Crippen LogP contribution >= 0.6 is 0 Å². The molecule has 1 N–H and O–H groups in total. The van der Waals surface area contributed by atoms with Crippen LogP contribution in [-0.2, 0) is 0 Å². The SMILES string of the molecule is CNC(C1=CCCCC1)C(C)(C)N1CCCCCC1. The summed E-state index contributed by atoms with van der Waals surface area (Å²) in [5.41, 5.74) is 1.89. The first-order valence-corrected chi connectivity index (χ1v) is 8.27. The molecule has 0 bridgehead atoms. The summed E-state index contributed by atoms with van der Waals surface area (Å²) >= 11 is 0. The second-order valence-electron chi connectivity index (χ2n) is 6.80. The van der Waals surface area contributed by atoms with Crippen LogP contribution < -0.4 is 5.32 Å². The number of hydrogen-bond acceptors (Lipinski definition) is 2. The van der Waals surface area contributed by atoms with Crippen molar-refractivity contribution < 1.29 is 0 Å². The number of nitrogens with one attached hydrogen (secondary N) is 1. The molecule has 0 spiro atoms. The Labute approximate surface area is 119 Å². The lowest BCUT2D eigenvalue weighted by atomic mass is 9.82. The molecule has 0 saturated carbocycles. The van der Waals surface area contributed by atoms with E-state index in [1.165, 1.54) is 64.5 Å². The van der Waals surface area contributed by atoms with Gasteiger partial charge in [-0.15, -0.1) is 0 Å². The van der Waals surface area contributed by atoms with Crippen molar-refractivity contribution in [2.75, 3.05) is 20.1 Å². The van der Waals surface area contributed by atoms with Crippen molar-refractivity contribution in [2.45, 2.75) is 76.8 Å². The molecule has 1 aliphatic carbocycles. The zero-order chi connectivity index (χ0) is 13.7. The molecule has 2 heteroatoms. The molecule has 1 heterocycles. The average Bonchev–Trinajstić information content (AvgIpc) is 2.70. The molecular weight excluding hydrogens is 232 g/mol. The molecule has 19 heavy (non-hydrogen) atoms. The van der Waals surface area contributed by atoms with Crippen molar-refractivity contribution in [3.8, 4) is 0 Å². The summed E-state index contributed by atoms with van der Waals surface area (Å²) in [6, 6.07) is 0.519. The Bertz CT molecular complexity index is 298. The van der Waals surface area contributed by atoms with Crippen molar-refractivity contribution in [3.63, 3.8) is 0 Å². The number of allylic oxidation sites excluding steroid dienone is 1. The van der Waals surface area contributed by atoms with Crippen LogP contribution in [0.3, 0.4) is 0 Å². The van der Waals surface area contributed by atoms with Gasteiger partial charge in [-0.1, -0.05) is 24.5 Å². The lowest BCUT2D eigenvalue weighted by molar-refractivity contribution is 0.0969. The Balaban J connectivity index is 2.11. The first-order chi connectivity index (χ1) is 9.16. The lowest BCUT2D eigenvalue weighted by Gasteiger charge is -2.45. The van der Waals surface area contributed by atoms with Gasteiger partial charge in [-0.3, -0.25) is 4.90 Å². The van der Waals surface area contributed by atoms with E-state index in [1.54, 1.807) is 5.57 Å². The van der Waals surface area contributed by atoms with Crippen LogP contribution in [0.25, 0.3) is 0 Å². The third-order valence-electron chi connectivity index (χ3n) is 5.11. The standard InChI is InChI=1S/C17H32N2/c1-17(2,19-13-9-4-5-10-14-19)16(18-3)15-11-7-6-8-12-15/h11,16,18H,4-10,12-14H2,1-3H3. The van der Waals surface area contributed by atoms with E-state index in [2.05, 4.69) is 37.2 Å². The van der Waals surface area contributed by atoms with Gasteiger partial charge in [0, 0.05) is 11.6 Å². The molecule has 1 atom stereocenters. The number of rotatable bonds is 4. The van der Waals surface area contributed by atoms with E-state index in [1.807, 2.05) is 0 Å². The van der Waals surface area contributed by atoms with Crippen LogP contribution in [0.15, 0.2) is 11.6 Å². The number of likely N-dealkylation sites (N-methyl/N-ethyl adjacent to an activating group) is 1. The van der Waals surface area contributed by atoms with Crippen LogP contribution in [0.5, 0.6) is 0 Å². The van der Waals surface area contributed by atoms with Gasteiger partial charge in [-0.05, 0) is 72.5 Å². The molecular formula is C17H32N2. The predicted octanol–water partition coefficient (Wildman–Crippen LogP) is 3.73. The maximum atomic E-state index is 3.62. The Morgan fingerprint density at radius 1 is 1.05 bits per heavy atom. The van der Waals surface area contributed by atoms with Gasteiger partial charge in [0.15, 0.2) is 0 Å². The highest BCUT2D eigenvalue weighted by molar-refractivity contribution is 5.19. The van der Waals surface area contributed by atoms with Gasteiger partial charge in [0.25, 0.3) is 0 Å². The Kier molecular flexibility index (Phi) is 5.47. The van der Waals surface area contributed by atoms with E-state index >= 15 is 0 Å². The minimum absolute atomic E-state index is 0.238. The highest BCUT2D eigenvalue weighted by atomic mass is 15.2. The fourth-order valence-corrected chi connectivity index (χ4v) is 3.95. The molecule has 2 nitrogen and oxygen atoms in total. The molecule has 0 aromatic rings. The molecule has 1 aliphatic heterocycles. The van der Waals surface area contributed by atoms with Crippen LogP contribution in [0.1, 0.15) is 65.2 Å². The van der Waals surface area contributed by atoms with Crippen molar-refractivity contribution in [3.05, 3.63) is 11.6 Å². The predicted molar refractivity (Wildman–Crippen MR) is 83.5 cm³/mol.